The third-order valence-corrected chi connectivity index (χ3v) is 7.32. The van der Waals surface area contributed by atoms with Crippen LogP contribution >= 0.6 is 0 Å². The second kappa shape index (κ2) is 10.9. The van der Waals surface area contributed by atoms with Crippen molar-refractivity contribution in [1.82, 2.24) is 0 Å². The summed E-state index contributed by atoms with van der Waals surface area (Å²) in [5.41, 5.74) is 16.2. The average Bonchev–Trinajstić information content (AvgIpc) is 3.01. The summed E-state index contributed by atoms with van der Waals surface area (Å²) in [7, 11) is 0. The lowest BCUT2D eigenvalue weighted by Crippen LogP contribution is -2.33. The van der Waals surface area contributed by atoms with Crippen LogP contribution in [0.25, 0.3) is 0 Å². The number of ether oxygens (including phenoxy) is 2. The first-order chi connectivity index (χ1) is 19.6. The standard InChI is InChI=1S/C36H30N2O2/c37-29-13-21-33(22-14-29)39-31-17-9-27(10-18-31)36(25-5-4-8-35(36)26-6-2-1-3-7-26)28-11-19-32(20-12-28)40-34-23-15-30(38)16-24-34/h1-25,35H,37-38H2. The van der Waals surface area contributed by atoms with Gasteiger partial charge in [-0.3, -0.25) is 0 Å². The zero-order valence-corrected chi connectivity index (χ0v) is 22.0. The fourth-order valence-electron chi connectivity index (χ4n) is 5.33. The van der Waals surface area contributed by atoms with Crippen molar-refractivity contribution in [3.63, 3.8) is 0 Å². The summed E-state index contributed by atoms with van der Waals surface area (Å²) in [4.78, 5) is 0. The molecule has 0 amide bonds. The van der Waals surface area contributed by atoms with Crippen LogP contribution in [0.3, 0.4) is 0 Å². The Morgan fingerprint density at radius 3 is 1.35 bits per heavy atom. The lowest BCUT2D eigenvalue weighted by Gasteiger charge is -2.40. The van der Waals surface area contributed by atoms with Crippen LogP contribution < -0.4 is 20.9 Å². The van der Waals surface area contributed by atoms with Gasteiger partial charge in [0.2, 0.25) is 0 Å². The maximum atomic E-state index is 6.09. The third kappa shape index (κ3) is 5.07. The van der Waals surface area contributed by atoms with E-state index < -0.39 is 5.41 Å². The molecule has 6 rings (SSSR count). The summed E-state index contributed by atoms with van der Waals surface area (Å²) >= 11 is 0. The van der Waals surface area contributed by atoms with E-state index in [-0.39, 0.29) is 5.92 Å². The molecule has 0 aliphatic heterocycles. The second-order valence-corrected chi connectivity index (χ2v) is 9.89. The fourth-order valence-corrected chi connectivity index (χ4v) is 5.33. The molecule has 1 unspecified atom stereocenters. The van der Waals surface area contributed by atoms with Crippen LogP contribution in [-0.4, -0.2) is 0 Å². The number of anilines is 2. The molecule has 0 saturated carbocycles. The minimum atomic E-state index is -0.435. The van der Waals surface area contributed by atoms with E-state index in [4.69, 9.17) is 20.9 Å². The van der Waals surface area contributed by atoms with Crippen molar-refractivity contribution >= 4 is 11.4 Å². The molecular weight excluding hydrogens is 492 g/mol. The number of allylic oxidation sites excluding steroid dienone is 4. The summed E-state index contributed by atoms with van der Waals surface area (Å²) in [6.45, 7) is 0. The molecule has 5 aromatic carbocycles. The monoisotopic (exact) mass is 522 g/mol. The maximum Gasteiger partial charge on any atom is 0.127 e. The van der Waals surface area contributed by atoms with Gasteiger partial charge in [0.15, 0.2) is 0 Å². The highest BCUT2D eigenvalue weighted by Gasteiger charge is 2.40. The first kappa shape index (κ1) is 25.1. The van der Waals surface area contributed by atoms with E-state index in [0.29, 0.717) is 11.4 Å². The minimum absolute atomic E-state index is 0.0893. The van der Waals surface area contributed by atoms with Gasteiger partial charge >= 0.3 is 0 Å². The predicted octanol–water partition coefficient (Wildman–Crippen LogP) is 8.63. The van der Waals surface area contributed by atoms with Gasteiger partial charge in [-0.05, 0) is 89.5 Å². The summed E-state index contributed by atoms with van der Waals surface area (Å²) < 4.78 is 12.2. The van der Waals surface area contributed by atoms with Gasteiger partial charge in [0.25, 0.3) is 0 Å². The molecule has 0 spiro atoms. The molecule has 196 valence electrons. The SMILES string of the molecule is Nc1ccc(Oc2ccc(C3(c4ccc(Oc5ccc(N)cc5)cc4)C=CC=CC3c3ccccc3)cc2)cc1. The van der Waals surface area contributed by atoms with Crippen LogP contribution in [-0.2, 0) is 5.41 Å². The maximum absolute atomic E-state index is 6.09. The van der Waals surface area contributed by atoms with Gasteiger partial charge in [-0.15, -0.1) is 0 Å². The number of nitrogens with two attached hydrogens (primary N) is 2. The summed E-state index contributed by atoms with van der Waals surface area (Å²) in [6, 6.07) is 42.2. The molecule has 4 N–H and O–H groups in total. The molecule has 0 fully saturated rings. The highest BCUT2D eigenvalue weighted by atomic mass is 16.5. The molecule has 0 aromatic heterocycles. The fraction of sp³-hybridized carbons (Fsp3) is 0.0556. The molecular formula is C36H30N2O2. The highest BCUT2D eigenvalue weighted by Crippen LogP contribution is 2.49. The zero-order valence-electron chi connectivity index (χ0n) is 22.0. The smallest absolute Gasteiger partial charge is 0.127 e. The Bertz CT molecular complexity index is 1530. The Morgan fingerprint density at radius 2 is 0.900 bits per heavy atom. The number of nitrogen functional groups attached to an aromatic ring is 2. The predicted molar refractivity (Wildman–Crippen MR) is 163 cm³/mol. The van der Waals surface area contributed by atoms with Gasteiger partial charge in [0.1, 0.15) is 23.0 Å². The summed E-state index contributed by atoms with van der Waals surface area (Å²) in [5, 5.41) is 0. The van der Waals surface area contributed by atoms with Gasteiger partial charge in [-0.1, -0.05) is 78.9 Å². The lowest BCUT2D eigenvalue weighted by molar-refractivity contribution is 0.480. The van der Waals surface area contributed by atoms with Gasteiger partial charge < -0.3 is 20.9 Å². The molecule has 0 bridgehead atoms. The highest BCUT2D eigenvalue weighted by molar-refractivity contribution is 5.56. The van der Waals surface area contributed by atoms with Gasteiger partial charge in [-0.2, -0.15) is 0 Å². The van der Waals surface area contributed by atoms with Gasteiger partial charge in [-0.25, -0.2) is 0 Å². The van der Waals surface area contributed by atoms with Crippen molar-refractivity contribution in [3.8, 4) is 23.0 Å². The average molecular weight is 523 g/mol. The first-order valence-corrected chi connectivity index (χ1v) is 13.3. The van der Waals surface area contributed by atoms with Crippen molar-refractivity contribution in [2.75, 3.05) is 11.5 Å². The molecule has 4 nitrogen and oxygen atoms in total. The van der Waals surface area contributed by atoms with Gasteiger partial charge in [0, 0.05) is 22.7 Å². The van der Waals surface area contributed by atoms with Crippen LogP contribution in [0.15, 0.2) is 152 Å². The molecule has 0 heterocycles. The molecule has 1 atom stereocenters. The third-order valence-electron chi connectivity index (χ3n) is 7.32. The largest absolute Gasteiger partial charge is 0.457 e. The van der Waals surface area contributed by atoms with Crippen LogP contribution in [0, 0.1) is 0 Å². The number of rotatable bonds is 7. The molecule has 0 radical (unpaired) electrons. The molecule has 40 heavy (non-hydrogen) atoms. The van der Waals surface area contributed by atoms with E-state index in [2.05, 4.69) is 78.9 Å². The molecule has 1 aliphatic carbocycles. The second-order valence-electron chi connectivity index (χ2n) is 9.89. The normalized spacial score (nSPS) is 15.4. The lowest BCUT2D eigenvalue weighted by atomic mass is 9.62. The van der Waals surface area contributed by atoms with Crippen LogP contribution in [0.2, 0.25) is 0 Å². The Kier molecular flexibility index (Phi) is 6.82. The minimum Gasteiger partial charge on any atom is -0.457 e. The Hall–Kier alpha value is -5.22. The van der Waals surface area contributed by atoms with Crippen molar-refractivity contribution in [1.29, 1.82) is 0 Å². The topological polar surface area (TPSA) is 70.5 Å². The summed E-state index contributed by atoms with van der Waals surface area (Å²) in [5.74, 6) is 3.11. The van der Waals surface area contributed by atoms with Crippen molar-refractivity contribution in [2.24, 2.45) is 0 Å². The van der Waals surface area contributed by atoms with E-state index in [1.807, 2.05) is 72.8 Å². The number of hydrogen-bond donors (Lipinski definition) is 2. The quantitative estimate of drug-likeness (QED) is 0.210. The zero-order chi connectivity index (χ0) is 27.4. The van der Waals surface area contributed by atoms with E-state index >= 15 is 0 Å². The molecule has 4 heteroatoms. The van der Waals surface area contributed by atoms with Crippen molar-refractivity contribution in [2.45, 2.75) is 11.3 Å². The van der Waals surface area contributed by atoms with Crippen LogP contribution in [0.1, 0.15) is 22.6 Å². The van der Waals surface area contributed by atoms with E-state index in [0.717, 1.165) is 23.0 Å². The van der Waals surface area contributed by atoms with Crippen molar-refractivity contribution < 1.29 is 9.47 Å². The Labute approximate surface area is 234 Å². The van der Waals surface area contributed by atoms with E-state index in [1.165, 1.54) is 16.7 Å². The molecule has 5 aromatic rings. The molecule has 1 aliphatic rings. The number of benzene rings is 5. The summed E-state index contributed by atoms with van der Waals surface area (Å²) in [6.07, 6.45) is 8.85. The van der Waals surface area contributed by atoms with E-state index in [9.17, 15) is 0 Å². The Morgan fingerprint density at radius 1 is 0.475 bits per heavy atom. The van der Waals surface area contributed by atoms with Crippen LogP contribution in [0.4, 0.5) is 11.4 Å². The number of hydrogen-bond acceptors (Lipinski definition) is 4. The molecule has 0 saturated heterocycles. The van der Waals surface area contributed by atoms with Crippen LogP contribution in [0.5, 0.6) is 23.0 Å². The van der Waals surface area contributed by atoms with E-state index in [1.54, 1.807) is 0 Å². The Balaban J connectivity index is 1.38. The van der Waals surface area contributed by atoms with Gasteiger partial charge in [0.05, 0.1) is 0 Å². The first-order valence-electron chi connectivity index (χ1n) is 13.3. The van der Waals surface area contributed by atoms with Crippen molar-refractivity contribution in [3.05, 3.63) is 168 Å².